The minimum atomic E-state index is -1.21. The van der Waals surface area contributed by atoms with E-state index < -0.39 is 11.4 Å². The van der Waals surface area contributed by atoms with Gasteiger partial charge in [-0.3, -0.25) is 4.79 Å². The lowest BCUT2D eigenvalue weighted by Crippen LogP contribution is -2.17. The first-order valence-electron chi connectivity index (χ1n) is 7.59. The summed E-state index contributed by atoms with van der Waals surface area (Å²) in [5, 5.41) is 9.74. The fourth-order valence-corrected chi connectivity index (χ4v) is 3.19. The van der Waals surface area contributed by atoms with Gasteiger partial charge >= 0.3 is 5.97 Å². The number of allylic oxidation sites excluding steroid dienone is 1. The van der Waals surface area contributed by atoms with Crippen molar-refractivity contribution >= 4 is 16.9 Å². The number of carboxylic acids is 1. The van der Waals surface area contributed by atoms with Gasteiger partial charge in [-0.25, -0.2) is 4.79 Å². The molecule has 0 fully saturated rings. The Morgan fingerprint density at radius 2 is 1.96 bits per heavy atom. The molecule has 0 atom stereocenters. The van der Waals surface area contributed by atoms with Crippen LogP contribution in [0.4, 0.5) is 0 Å². The van der Waals surface area contributed by atoms with Gasteiger partial charge in [0.05, 0.1) is 16.6 Å². The molecule has 5 heteroatoms. The Morgan fingerprint density at radius 1 is 1.29 bits per heavy atom. The Hall–Kier alpha value is -3.08. The Bertz CT molecular complexity index is 1010. The van der Waals surface area contributed by atoms with Gasteiger partial charge in [0.25, 0.3) is 0 Å². The van der Waals surface area contributed by atoms with E-state index in [-0.39, 0.29) is 5.56 Å². The second-order valence-electron chi connectivity index (χ2n) is 5.71. The first-order chi connectivity index (χ1) is 11.5. The van der Waals surface area contributed by atoms with Crippen LogP contribution in [-0.2, 0) is 13.6 Å². The molecule has 0 amide bonds. The first-order valence-corrected chi connectivity index (χ1v) is 7.59. The number of carbonyl (C=O) groups is 1. The van der Waals surface area contributed by atoms with Crippen molar-refractivity contribution in [1.29, 1.82) is 0 Å². The predicted octanol–water partition coefficient (Wildman–Crippen LogP) is 3.20. The molecule has 0 aliphatic rings. The van der Waals surface area contributed by atoms with E-state index in [4.69, 9.17) is 0 Å². The maximum absolute atomic E-state index is 12.7. The number of carboxylic acid groups (broad SMARTS) is 1. The number of aryl methyl sites for hydroxylation is 2. The highest BCUT2D eigenvalue weighted by Gasteiger charge is 2.22. The Balaban J connectivity index is 2.54. The number of benzene rings is 1. The molecule has 0 unspecified atom stereocenters. The van der Waals surface area contributed by atoms with Crippen molar-refractivity contribution in [1.82, 2.24) is 9.13 Å². The van der Waals surface area contributed by atoms with Gasteiger partial charge in [-0.1, -0.05) is 36.4 Å². The van der Waals surface area contributed by atoms with Gasteiger partial charge in [-0.15, -0.1) is 6.58 Å². The van der Waals surface area contributed by atoms with E-state index in [1.165, 1.54) is 6.20 Å². The third-order valence-corrected chi connectivity index (χ3v) is 4.23. The van der Waals surface area contributed by atoms with E-state index in [0.29, 0.717) is 11.9 Å². The van der Waals surface area contributed by atoms with Crippen LogP contribution in [0.25, 0.3) is 22.2 Å². The summed E-state index contributed by atoms with van der Waals surface area (Å²) >= 11 is 0. The fraction of sp³-hybridized carbons (Fsp3) is 0.158. The van der Waals surface area contributed by atoms with Gasteiger partial charge in [0.15, 0.2) is 0 Å². The Morgan fingerprint density at radius 3 is 2.54 bits per heavy atom. The highest BCUT2D eigenvalue weighted by molar-refractivity contribution is 5.99. The number of aromatic nitrogens is 2. The van der Waals surface area contributed by atoms with Crippen molar-refractivity contribution < 1.29 is 9.90 Å². The van der Waals surface area contributed by atoms with Crippen LogP contribution in [0.5, 0.6) is 0 Å². The van der Waals surface area contributed by atoms with Gasteiger partial charge in [0, 0.05) is 31.0 Å². The van der Waals surface area contributed by atoms with Crippen LogP contribution in [0.3, 0.4) is 0 Å². The topological polar surface area (TPSA) is 64.2 Å². The van der Waals surface area contributed by atoms with Crippen molar-refractivity contribution in [2.24, 2.45) is 7.05 Å². The molecular formula is C19H18N2O3. The molecule has 1 aromatic carbocycles. The molecule has 0 bridgehead atoms. The van der Waals surface area contributed by atoms with Crippen LogP contribution in [0.1, 0.15) is 16.1 Å². The molecule has 0 aliphatic carbocycles. The molecular weight excluding hydrogens is 304 g/mol. The Kier molecular flexibility index (Phi) is 3.85. The summed E-state index contributed by atoms with van der Waals surface area (Å²) in [4.78, 5) is 24.1. The molecule has 2 heterocycles. The van der Waals surface area contributed by atoms with Crippen LogP contribution in [0.2, 0.25) is 0 Å². The summed E-state index contributed by atoms with van der Waals surface area (Å²) < 4.78 is 3.72. The molecule has 5 nitrogen and oxygen atoms in total. The standard InChI is InChI=1S/C19H18N2O3/c1-4-10-21-12(2)15-17(16(21)13-8-6-5-7-9-13)20(3)11-14(18(15)22)19(23)24/h4-9,11H,1,10H2,2-3H3,(H,23,24). The molecule has 2 aromatic heterocycles. The van der Waals surface area contributed by atoms with Gasteiger partial charge in [-0.05, 0) is 6.92 Å². The van der Waals surface area contributed by atoms with E-state index in [9.17, 15) is 14.7 Å². The largest absolute Gasteiger partial charge is 0.477 e. The van der Waals surface area contributed by atoms with E-state index in [1.54, 1.807) is 17.7 Å². The minimum absolute atomic E-state index is 0.219. The highest BCUT2D eigenvalue weighted by Crippen LogP contribution is 2.32. The normalized spacial score (nSPS) is 10.9. The SMILES string of the molecule is C=CCn1c(C)c2c(=O)c(C(=O)O)cn(C)c2c1-c1ccccc1. The summed E-state index contributed by atoms with van der Waals surface area (Å²) in [7, 11) is 1.76. The molecule has 0 aliphatic heterocycles. The lowest BCUT2D eigenvalue weighted by Gasteiger charge is -2.11. The molecule has 1 N–H and O–H groups in total. The van der Waals surface area contributed by atoms with Crippen molar-refractivity contribution in [2.45, 2.75) is 13.5 Å². The minimum Gasteiger partial charge on any atom is -0.477 e. The molecule has 0 saturated heterocycles. The van der Waals surface area contributed by atoms with Crippen LogP contribution < -0.4 is 5.43 Å². The monoisotopic (exact) mass is 322 g/mol. The zero-order valence-corrected chi connectivity index (χ0v) is 13.6. The summed E-state index contributed by atoms with van der Waals surface area (Å²) in [6.45, 7) is 6.17. The average molecular weight is 322 g/mol. The number of nitrogens with zero attached hydrogens (tertiary/aromatic N) is 2. The fourth-order valence-electron chi connectivity index (χ4n) is 3.19. The van der Waals surface area contributed by atoms with Crippen molar-refractivity contribution in [2.75, 3.05) is 0 Å². The van der Waals surface area contributed by atoms with E-state index in [1.807, 2.05) is 41.8 Å². The Labute approximate surface area is 139 Å². The van der Waals surface area contributed by atoms with Crippen LogP contribution in [-0.4, -0.2) is 20.2 Å². The van der Waals surface area contributed by atoms with E-state index in [0.717, 1.165) is 22.5 Å². The maximum Gasteiger partial charge on any atom is 0.341 e. The first kappa shape index (κ1) is 15.8. The molecule has 122 valence electrons. The zero-order chi connectivity index (χ0) is 17.4. The number of hydrogen-bond donors (Lipinski definition) is 1. The molecule has 24 heavy (non-hydrogen) atoms. The summed E-state index contributed by atoms with van der Waals surface area (Å²) in [6.07, 6.45) is 3.15. The number of hydrogen-bond acceptors (Lipinski definition) is 2. The number of aromatic carboxylic acids is 1. The van der Waals surface area contributed by atoms with Crippen LogP contribution >= 0.6 is 0 Å². The van der Waals surface area contributed by atoms with Crippen LogP contribution in [0.15, 0.2) is 54.0 Å². The number of pyridine rings is 1. The molecule has 3 rings (SSSR count). The smallest absolute Gasteiger partial charge is 0.341 e. The lowest BCUT2D eigenvalue weighted by molar-refractivity contribution is 0.0695. The zero-order valence-electron chi connectivity index (χ0n) is 13.6. The van der Waals surface area contributed by atoms with Crippen molar-refractivity contribution in [3.05, 3.63) is 70.7 Å². The third kappa shape index (κ3) is 2.25. The van der Waals surface area contributed by atoms with Crippen LogP contribution in [0, 0.1) is 6.92 Å². The van der Waals surface area contributed by atoms with Crippen molar-refractivity contribution in [3.8, 4) is 11.3 Å². The molecule has 3 aromatic rings. The van der Waals surface area contributed by atoms with Gasteiger partial charge in [0.2, 0.25) is 5.43 Å². The summed E-state index contributed by atoms with van der Waals surface area (Å²) in [6, 6.07) is 9.75. The second kappa shape index (κ2) is 5.85. The maximum atomic E-state index is 12.7. The van der Waals surface area contributed by atoms with E-state index >= 15 is 0 Å². The molecule has 0 spiro atoms. The highest BCUT2D eigenvalue weighted by atomic mass is 16.4. The number of fused-ring (bicyclic) bond motifs is 1. The second-order valence-corrected chi connectivity index (χ2v) is 5.71. The molecule has 0 saturated carbocycles. The van der Waals surface area contributed by atoms with Gasteiger partial charge in [0.1, 0.15) is 5.56 Å². The predicted molar refractivity (Wildman–Crippen MR) is 94.5 cm³/mol. The summed E-state index contributed by atoms with van der Waals surface area (Å²) in [5.74, 6) is -1.21. The summed E-state index contributed by atoms with van der Waals surface area (Å²) in [5.41, 5.74) is 2.66. The van der Waals surface area contributed by atoms with Gasteiger partial charge in [-0.2, -0.15) is 0 Å². The number of rotatable bonds is 4. The molecule has 0 radical (unpaired) electrons. The quantitative estimate of drug-likeness (QED) is 0.750. The third-order valence-electron chi connectivity index (χ3n) is 4.23. The van der Waals surface area contributed by atoms with Gasteiger partial charge < -0.3 is 14.2 Å². The van der Waals surface area contributed by atoms with E-state index in [2.05, 4.69) is 6.58 Å². The van der Waals surface area contributed by atoms with Crippen molar-refractivity contribution in [3.63, 3.8) is 0 Å². The lowest BCUT2D eigenvalue weighted by atomic mass is 10.1. The average Bonchev–Trinajstić information content (AvgIpc) is 2.86.